The van der Waals surface area contributed by atoms with E-state index in [9.17, 15) is 0 Å². The first-order chi connectivity index (χ1) is 19.3. The topological polar surface area (TPSA) is 3.24 Å². The van der Waals surface area contributed by atoms with Crippen LogP contribution in [0.25, 0.3) is 27.1 Å². The maximum Gasteiger partial charge on any atom is 0.0213 e. The van der Waals surface area contributed by atoms with E-state index in [0.29, 0.717) is 0 Å². The molecule has 1 heteroatoms. The zero-order chi connectivity index (χ0) is 26.3. The van der Waals surface area contributed by atoms with Crippen molar-refractivity contribution in [2.45, 2.75) is 12.8 Å². The van der Waals surface area contributed by atoms with Gasteiger partial charge in [-0.15, -0.1) is 0 Å². The van der Waals surface area contributed by atoms with E-state index in [4.69, 9.17) is 0 Å². The lowest BCUT2D eigenvalue weighted by molar-refractivity contribution is 0.385. The number of hydrogen-bond acceptors (Lipinski definition) is 1. The molecular weight excluding hydrogens is 470 g/mol. The maximum absolute atomic E-state index is 2.51. The molecule has 0 aliphatic heterocycles. The summed E-state index contributed by atoms with van der Waals surface area (Å²) in [5.74, 6) is 0. The minimum Gasteiger partial charge on any atom is -0.376 e. The molecule has 0 radical (unpaired) electrons. The molecule has 0 N–H and O–H groups in total. The van der Waals surface area contributed by atoms with Crippen molar-refractivity contribution in [3.8, 4) is 0 Å². The fourth-order valence-corrected chi connectivity index (χ4v) is 5.29. The lowest BCUT2D eigenvalue weighted by Crippen LogP contribution is -2.23. The van der Waals surface area contributed by atoms with E-state index in [1.807, 2.05) is 0 Å². The molecule has 0 heterocycles. The lowest BCUT2D eigenvalue weighted by Gasteiger charge is -2.23. The first-order valence-corrected chi connectivity index (χ1v) is 13.8. The molecule has 6 aromatic rings. The molecule has 0 spiro atoms. The average molecular weight is 504 g/mol. The van der Waals surface area contributed by atoms with Gasteiger partial charge in [0.2, 0.25) is 0 Å². The summed E-state index contributed by atoms with van der Waals surface area (Å²) in [7, 11) is 0. The second kappa shape index (κ2) is 11.8. The van der Waals surface area contributed by atoms with Crippen molar-refractivity contribution in [2.75, 3.05) is 13.1 Å². The third kappa shape index (κ3) is 6.10. The van der Waals surface area contributed by atoms with Crippen molar-refractivity contribution in [1.82, 2.24) is 4.90 Å². The number of benzene rings is 6. The highest BCUT2D eigenvalue weighted by Gasteiger charge is 2.11. The number of fused-ring (bicyclic) bond motifs is 2. The van der Waals surface area contributed by atoms with Gasteiger partial charge in [-0.25, -0.2) is 0 Å². The van der Waals surface area contributed by atoms with Gasteiger partial charge in [0.15, 0.2) is 0 Å². The molecule has 0 unspecified atom stereocenters. The van der Waals surface area contributed by atoms with E-state index in [1.54, 1.807) is 0 Å². The Bertz CT molecular complexity index is 1570. The highest BCUT2D eigenvalue weighted by molar-refractivity contribution is 5.92. The third-order valence-electron chi connectivity index (χ3n) is 7.49. The van der Waals surface area contributed by atoms with Gasteiger partial charge in [0, 0.05) is 24.9 Å². The van der Waals surface area contributed by atoms with E-state index in [2.05, 4.69) is 157 Å². The molecule has 0 amide bonds. The quantitative estimate of drug-likeness (QED) is 0.190. The molecule has 6 aromatic carbocycles. The SMILES string of the molecule is C(=C(c1ccc2ccccc2c1)c1ccc2ccccc2c1)N(CCc1ccccc1)CCc1ccccc1. The van der Waals surface area contributed by atoms with Crippen LogP contribution in [0.3, 0.4) is 0 Å². The van der Waals surface area contributed by atoms with E-state index >= 15 is 0 Å². The van der Waals surface area contributed by atoms with E-state index in [1.165, 1.54) is 49.4 Å². The van der Waals surface area contributed by atoms with Gasteiger partial charge in [-0.3, -0.25) is 0 Å². The van der Waals surface area contributed by atoms with Crippen molar-refractivity contribution in [3.63, 3.8) is 0 Å². The molecule has 1 nitrogen and oxygen atoms in total. The van der Waals surface area contributed by atoms with Crippen LogP contribution in [0.4, 0.5) is 0 Å². The van der Waals surface area contributed by atoms with Gasteiger partial charge in [-0.1, -0.05) is 133 Å². The summed E-state index contributed by atoms with van der Waals surface area (Å²) >= 11 is 0. The Morgan fingerprint density at radius 3 is 1.31 bits per heavy atom. The summed E-state index contributed by atoms with van der Waals surface area (Å²) in [5, 5.41) is 5.07. The summed E-state index contributed by atoms with van der Waals surface area (Å²) in [5.41, 5.74) is 6.48. The largest absolute Gasteiger partial charge is 0.376 e. The molecule has 0 atom stereocenters. The van der Waals surface area contributed by atoms with Gasteiger partial charge < -0.3 is 4.90 Å². The lowest BCUT2D eigenvalue weighted by atomic mass is 9.94. The molecule has 0 saturated carbocycles. The Hall–Kier alpha value is -4.62. The highest BCUT2D eigenvalue weighted by atomic mass is 15.1. The first kappa shape index (κ1) is 24.7. The van der Waals surface area contributed by atoms with E-state index in [-0.39, 0.29) is 0 Å². The Labute approximate surface area is 231 Å². The molecule has 0 saturated heterocycles. The zero-order valence-electron chi connectivity index (χ0n) is 22.2. The van der Waals surface area contributed by atoms with Crippen LogP contribution in [0.1, 0.15) is 22.3 Å². The monoisotopic (exact) mass is 503 g/mol. The number of nitrogens with zero attached hydrogens (tertiary/aromatic N) is 1. The molecule has 39 heavy (non-hydrogen) atoms. The second-order valence-corrected chi connectivity index (χ2v) is 10.2. The molecule has 0 aliphatic carbocycles. The molecule has 0 aromatic heterocycles. The van der Waals surface area contributed by atoms with Crippen LogP contribution in [0.5, 0.6) is 0 Å². The molecule has 6 rings (SSSR count). The van der Waals surface area contributed by atoms with Crippen LogP contribution in [-0.2, 0) is 12.8 Å². The molecule has 0 fully saturated rings. The Kier molecular flexibility index (Phi) is 7.50. The summed E-state index contributed by atoms with van der Waals surface area (Å²) in [6.07, 6.45) is 4.42. The number of rotatable bonds is 9. The summed E-state index contributed by atoms with van der Waals surface area (Å²) < 4.78 is 0. The van der Waals surface area contributed by atoms with Gasteiger partial charge in [0.05, 0.1) is 0 Å². The van der Waals surface area contributed by atoms with Crippen LogP contribution in [-0.4, -0.2) is 18.0 Å². The van der Waals surface area contributed by atoms with Gasteiger partial charge in [0.25, 0.3) is 0 Å². The van der Waals surface area contributed by atoms with Crippen LogP contribution >= 0.6 is 0 Å². The van der Waals surface area contributed by atoms with Crippen molar-refractivity contribution in [1.29, 1.82) is 0 Å². The number of hydrogen-bond donors (Lipinski definition) is 0. The summed E-state index contributed by atoms with van der Waals surface area (Å²) in [4.78, 5) is 2.51. The molecule has 0 aliphatic rings. The Balaban J connectivity index is 1.42. The summed E-state index contributed by atoms with van der Waals surface area (Å²) in [6.45, 7) is 1.92. The Morgan fingerprint density at radius 1 is 0.436 bits per heavy atom. The smallest absolute Gasteiger partial charge is 0.0213 e. The third-order valence-corrected chi connectivity index (χ3v) is 7.49. The standard InChI is InChI=1S/C38H33N/c1-3-11-30(12-4-1)23-25-39(26-24-31-13-5-2-6-14-31)29-38(36-21-19-32-15-7-9-17-34(32)27-36)37-22-20-33-16-8-10-18-35(33)28-37/h1-22,27-29H,23-26H2. The van der Waals surface area contributed by atoms with Crippen molar-refractivity contribution >= 4 is 27.1 Å². The van der Waals surface area contributed by atoms with Crippen LogP contribution < -0.4 is 0 Å². The fourth-order valence-electron chi connectivity index (χ4n) is 5.29. The van der Waals surface area contributed by atoms with Crippen LogP contribution in [0.2, 0.25) is 0 Å². The van der Waals surface area contributed by atoms with Crippen LogP contribution in [0.15, 0.2) is 152 Å². The van der Waals surface area contributed by atoms with Crippen LogP contribution in [0, 0.1) is 0 Å². The second-order valence-electron chi connectivity index (χ2n) is 10.2. The minimum absolute atomic E-state index is 0.960. The van der Waals surface area contributed by atoms with Gasteiger partial charge in [0.1, 0.15) is 0 Å². The van der Waals surface area contributed by atoms with Gasteiger partial charge >= 0.3 is 0 Å². The van der Waals surface area contributed by atoms with Crippen molar-refractivity contribution < 1.29 is 0 Å². The average Bonchev–Trinajstić information content (AvgIpc) is 3.01. The van der Waals surface area contributed by atoms with E-state index in [0.717, 1.165) is 25.9 Å². The minimum atomic E-state index is 0.960. The predicted octanol–water partition coefficient (Wildman–Crippen LogP) is 9.17. The Morgan fingerprint density at radius 2 is 0.846 bits per heavy atom. The summed E-state index contributed by atoms with van der Waals surface area (Å²) in [6, 6.07) is 52.6. The molecule has 0 bridgehead atoms. The van der Waals surface area contributed by atoms with Gasteiger partial charge in [-0.05, 0) is 68.8 Å². The normalized spacial score (nSPS) is 11.0. The molecular formula is C38H33N. The van der Waals surface area contributed by atoms with Crippen molar-refractivity contribution in [3.05, 3.63) is 174 Å². The van der Waals surface area contributed by atoms with Gasteiger partial charge in [-0.2, -0.15) is 0 Å². The van der Waals surface area contributed by atoms with E-state index < -0.39 is 0 Å². The zero-order valence-corrected chi connectivity index (χ0v) is 22.2. The first-order valence-electron chi connectivity index (χ1n) is 13.8. The molecule has 190 valence electrons. The highest BCUT2D eigenvalue weighted by Crippen LogP contribution is 2.30. The maximum atomic E-state index is 2.51. The fraction of sp³-hybridized carbons (Fsp3) is 0.105. The van der Waals surface area contributed by atoms with Crippen molar-refractivity contribution in [2.24, 2.45) is 0 Å². The predicted molar refractivity (Wildman–Crippen MR) is 167 cm³/mol.